The van der Waals surface area contributed by atoms with Gasteiger partial charge in [-0.1, -0.05) is 0 Å². The number of imidazole rings is 1. The van der Waals surface area contributed by atoms with Crippen molar-refractivity contribution in [3.63, 3.8) is 0 Å². The number of nitrogens with zero attached hydrogens (tertiary/aromatic N) is 3. The number of nitrogens with two attached hydrogens (primary N) is 1. The molecule has 0 aliphatic carbocycles. The number of hydrogen-bond donors (Lipinski definition) is 5. The first-order chi connectivity index (χ1) is 10.2. The molecule has 2 atom stereocenters. The van der Waals surface area contributed by atoms with Gasteiger partial charge >= 0.3 is 7.60 Å². The van der Waals surface area contributed by atoms with E-state index in [1.807, 2.05) is 0 Å². The van der Waals surface area contributed by atoms with Gasteiger partial charge in [-0.25, -0.2) is 4.98 Å². The van der Waals surface area contributed by atoms with E-state index in [0.29, 0.717) is 5.06 Å². The standard InChI is InChI=1S/C9H16N5O6PS/c1-5(22-4-21(17,18)19)2-20-13-3-11-6-7(15)12-9(10)14(16)8(6)13/h3,5,9,16H,2,4,10H2,1H3,(H,12,15)(H2,17,18,19). The van der Waals surface area contributed by atoms with Gasteiger partial charge in [0.1, 0.15) is 12.9 Å². The van der Waals surface area contributed by atoms with Crippen LogP contribution in [0, 0.1) is 0 Å². The molecule has 13 heteroatoms. The van der Waals surface area contributed by atoms with Gasteiger partial charge in [0.15, 0.2) is 12.0 Å². The van der Waals surface area contributed by atoms with E-state index >= 15 is 0 Å². The van der Waals surface area contributed by atoms with E-state index in [1.165, 1.54) is 6.33 Å². The van der Waals surface area contributed by atoms with Crippen molar-refractivity contribution in [3.05, 3.63) is 12.0 Å². The lowest BCUT2D eigenvalue weighted by Gasteiger charge is -2.29. The second kappa shape index (κ2) is 6.44. The average molecular weight is 353 g/mol. The van der Waals surface area contributed by atoms with Crippen LogP contribution in [0.4, 0.5) is 5.82 Å². The summed E-state index contributed by atoms with van der Waals surface area (Å²) in [5.74, 6) is -0.553. The van der Waals surface area contributed by atoms with Crippen LogP contribution < -0.4 is 21.0 Å². The maximum Gasteiger partial charge on any atom is 0.335 e. The van der Waals surface area contributed by atoms with E-state index in [4.69, 9.17) is 20.4 Å². The number of anilines is 1. The third kappa shape index (κ3) is 3.91. The van der Waals surface area contributed by atoms with E-state index in [2.05, 4.69) is 10.3 Å². The number of thioether (sulfide) groups is 1. The SMILES string of the molecule is CC(COn1cnc2c1N(O)C(N)NC2=O)SCP(=O)(O)O. The second-order valence-electron chi connectivity index (χ2n) is 4.57. The lowest BCUT2D eigenvalue weighted by Crippen LogP contribution is -2.57. The monoisotopic (exact) mass is 353 g/mol. The Labute approximate surface area is 129 Å². The highest BCUT2D eigenvalue weighted by molar-refractivity contribution is 8.04. The van der Waals surface area contributed by atoms with Gasteiger partial charge in [-0.3, -0.25) is 20.3 Å². The van der Waals surface area contributed by atoms with E-state index in [-0.39, 0.29) is 28.9 Å². The molecule has 0 bridgehead atoms. The molecule has 0 saturated carbocycles. The Morgan fingerprint density at radius 1 is 1.64 bits per heavy atom. The van der Waals surface area contributed by atoms with Crippen molar-refractivity contribution in [1.82, 2.24) is 15.0 Å². The molecular weight excluding hydrogens is 337 g/mol. The third-order valence-electron chi connectivity index (χ3n) is 2.66. The summed E-state index contributed by atoms with van der Waals surface area (Å²) < 4.78 is 11.9. The highest BCUT2D eigenvalue weighted by Crippen LogP contribution is 2.39. The van der Waals surface area contributed by atoms with Crippen LogP contribution >= 0.6 is 19.4 Å². The normalized spacial score (nSPS) is 19.6. The fraction of sp³-hybridized carbons (Fsp3) is 0.556. The molecule has 11 nitrogen and oxygen atoms in total. The van der Waals surface area contributed by atoms with Crippen LogP contribution in [0.1, 0.15) is 17.4 Å². The fourth-order valence-corrected chi connectivity index (χ4v) is 3.60. The summed E-state index contributed by atoms with van der Waals surface area (Å²) >= 11 is 1.04. The van der Waals surface area contributed by atoms with E-state index in [0.717, 1.165) is 16.5 Å². The van der Waals surface area contributed by atoms with Crippen molar-refractivity contribution in [2.75, 3.05) is 17.2 Å². The number of nitrogens with one attached hydrogen (secondary N) is 1. The number of fused-ring (bicyclic) bond motifs is 1. The molecule has 0 aromatic carbocycles. The highest BCUT2D eigenvalue weighted by atomic mass is 32.2. The molecule has 2 unspecified atom stereocenters. The summed E-state index contributed by atoms with van der Waals surface area (Å²) in [7, 11) is -4.08. The van der Waals surface area contributed by atoms with Crippen LogP contribution in [0.3, 0.4) is 0 Å². The van der Waals surface area contributed by atoms with Crippen molar-refractivity contribution in [1.29, 1.82) is 0 Å². The Bertz CT molecular complexity index is 605. The van der Waals surface area contributed by atoms with Gasteiger partial charge in [0.25, 0.3) is 5.91 Å². The minimum absolute atomic E-state index is 0.0107. The Kier molecular flexibility index (Phi) is 5.00. The van der Waals surface area contributed by atoms with Crippen LogP contribution in [0.2, 0.25) is 0 Å². The van der Waals surface area contributed by atoms with Gasteiger partial charge in [0.2, 0.25) is 5.82 Å². The zero-order valence-corrected chi connectivity index (χ0v) is 13.2. The van der Waals surface area contributed by atoms with Crippen molar-refractivity contribution in [3.8, 4) is 0 Å². The Hall–Kier alpha value is -1.30. The molecule has 1 aliphatic rings. The van der Waals surface area contributed by atoms with Crippen LogP contribution in [0.5, 0.6) is 0 Å². The first-order valence-corrected chi connectivity index (χ1v) is 8.95. The molecule has 2 rings (SSSR count). The minimum atomic E-state index is -4.08. The third-order valence-corrected chi connectivity index (χ3v) is 5.31. The predicted molar refractivity (Wildman–Crippen MR) is 77.3 cm³/mol. The predicted octanol–water partition coefficient (Wildman–Crippen LogP) is -1.25. The van der Waals surface area contributed by atoms with Crippen LogP contribution in [0.15, 0.2) is 6.33 Å². The number of hydroxylamine groups is 1. The van der Waals surface area contributed by atoms with Gasteiger partial charge in [-0.15, -0.1) is 11.8 Å². The van der Waals surface area contributed by atoms with Crippen molar-refractivity contribution in [2.24, 2.45) is 5.73 Å². The van der Waals surface area contributed by atoms with Gasteiger partial charge in [0, 0.05) is 5.25 Å². The largest absolute Gasteiger partial charge is 0.410 e. The van der Waals surface area contributed by atoms with Crippen molar-refractivity contribution < 1.29 is 29.2 Å². The summed E-state index contributed by atoms with van der Waals surface area (Å²) in [6, 6.07) is 0. The molecule has 124 valence electrons. The molecule has 0 radical (unpaired) electrons. The Morgan fingerprint density at radius 2 is 2.32 bits per heavy atom. The second-order valence-corrected chi connectivity index (χ2v) is 8.07. The summed E-state index contributed by atoms with van der Waals surface area (Å²) in [5.41, 5.74) is 5.16. The van der Waals surface area contributed by atoms with E-state index in [9.17, 15) is 14.6 Å². The molecule has 2 heterocycles. The maximum atomic E-state index is 11.7. The molecule has 0 spiro atoms. The van der Waals surface area contributed by atoms with Crippen molar-refractivity contribution in [2.45, 2.75) is 18.5 Å². The molecule has 0 saturated heterocycles. The van der Waals surface area contributed by atoms with Crippen LogP contribution in [0.25, 0.3) is 0 Å². The number of carbonyl (C=O) groups is 1. The summed E-state index contributed by atoms with van der Waals surface area (Å²) in [6.45, 7) is 1.80. The molecule has 1 amide bonds. The molecule has 22 heavy (non-hydrogen) atoms. The van der Waals surface area contributed by atoms with E-state index < -0.39 is 19.8 Å². The Balaban J connectivity index is 2.00. The smallest absolute Gasteiger partial charge is 0.335 e. The minimum Gasteiger partial charge on any atom is -0.410 e. The highest BCUT2D eigenvalue weighted by Gasteiger charge is 2.33. The van der Waals surface area contributed by atoms with E-state index in [1.54, 1.807) is 6.92 Å². The lowest BCUT2D eigenvalue weighted by atomic mass is 10.3. The van der Waals surface area contributed by atoms with Gasteiger partial charge in [-0.2, -0.15) is 9.79 Å². The number of carbonyl (C=O) groups excluding carboxylic acids is 1. The maximum absolute atomic E-state index is 11.7. The first-order valence-electron chi connectivity index (χ1n) is 6.10. The number of hydrogen-bond acceptors (Lipinski definition) is 8. The summed E-state index contributed by atoms with van der Waals surface area (Å²) in [5, 5.41) is 12.5. The van der Waals surface area contributed by atoms with Crippen LogP contribution in [-0.4, -0.2) is 54.3 Å². The van der Waals surface area contributed by atoms with Gasteiger partial charge in [-0.05, 0) is 6.92 Å². The lowest BCUT2D eigenvalue weighted by molar-refractivity contribution is 0.0791. The molecule has 1 aromatic rings. The molecule has 0 fully saturated rings. The number of aromatic nitrogens is 2. The molecule has 1 aliphatic heterocycles. The fourth-order valence-electron chi connectivity index (χ4n) is 1.64. The zero-order valence-electron chi connectivity index (χ0n) is 11.5. The van der Waals surface area contributed by atoms with Gasteiger partial charge < -0.3 is 19.9 Å². The number of rotatable bonds is 6. The summed E-state index contributed by atoms with van der Waals surface area (Å²) in [4.78, 5) is 38.5. The molecule has 1 aromatic heterocycles. The summed E-state index contributed by atoms with van der Waals surface area (Å²) in [6.07, 6.45) is 0.0757. The topological polar surface area (TPSA) is 163 Å². The van der Waals surface area contributed by atoms with Crippen molar-refractivity contribution >= 4 is 31.1 Å². The molecular formula is C9H16N5O6PS. The zero-order chi connectivity index (χ0) is 16.5. The van der Waals surface area contributed by atoms with Gasteiger partial charge in [0.05, 0.1) is 5.49 Å². The average Bonchev–Trinajstić information content (AvgIpc) is 2.84. The van der Waals surface area contributed by atoms with Crippen LogP contribution in [-0.2, 0) is 4.57 Å². The number of amides is 1. The Morgan fingerprint density at radius 3 is 2.95 bits per heavy atom. The molecule has 6 N–H and O–H groups in total. The quantitative estimate of drug-likeness (QED) is 0.390. The first kappa shape index (κ1) is 17.1.